The summed E-state index contributed by atoms with van der Waals surface area (Å²) in [5, 5.41) is 3.24. The van der Waals surface area contributed by atoms with Gasteiger partial charge in [-0.3, -0.25) is 4.79 Å². The molecule has 0 atom stereocenters. The SMILES string of the molecule is CC(C)CCC(=O)N1CCNCC1. The molecule has 1 N–H and O–H groups in total. The summed E-state index contributed by atoms with van der Waals surface area (Å²) in [6, 6.07) is 0. The van der Waals surface area contributed by atoms with Crippen molar-refractivity contribution in [1.29, 1.82) is 0 Å². The predicted molar refractivity (Wildman–Crippen MR) is 53.5 cm³/mol. The van der Waals surface area contributed by atoms with Crippen molar-refractivity contribution < 1.29 is 4.79 Å². The van der Waals surface area contributed by atoms with Gasteiger partial charge in [-0.05, 0) is 12.3 Å². The Balaban J connectivity index is 2.21. The van der Waals surface area contributed by atoms with Crippen LogP contribution in [0, 0.1) is 5.92 Å². The monoisotopic (exact) mass is 184 g/mol. The van der Waals surface area contributed by atoms with Gasteiger partial charge in [0, 0.05) is 32.6 Å². The summed E-state index contributed by atoms with van der Waals surface area (Å²) in [6.07, 6.45) is 1.74. The Hall–Kier alpha value is -0.570. The van der Waals surface area contributed by atoms with Crippen molar-refractivity contribution in [1.82, 2.24) is 10.2 Å². The van der Waals surface area contributed by atoms with E-state index in [2.05, 4.69) is 19.2 Å². The summed E-state index contributed by atoms with van der Waals surface area (Å²) in [7, 11) is 0. The third kappa shape index (κ3) is 3.77. The molecule has 1 aliphatic heterocycles. The lowest BCUT2D eigenvalue weighted by Crippen LogP contribution is -2.46. The molecule has 0 spiro atoms. The lowest BCUT2D eigenvalue weighted by atomic mass is 10.1. The molecule has 0 aromatic heterocycles. The number of carbonyl (C=O) groups excluding carboxylic acids is 1. The van der Waals surface area contributed by atoms with Crippen molar-refractivity contribution in [3.8, 4) is 0 Å². The van der Waals surface area contributed by atoms with E-state index in [4.69, 9.17) is 0 Å². The minimum atomic E-state index is 0.329. The maximum absolute atomic E-state index is 11.6. The quantitative estimate of drug-likeness (QED) is 0.705. The van der Waals surface area contributed by atoms with Gasteiger partial charge in [0.25, 0.3) is 0 Å². The summed E-state index contributed by atoms with van der Waals surface area (Å²) < 4.78 is 0. The molecule has 0 aromatic carbocycles. The van der Waals surface area contributed by atoms with E-state index in [0.717, 1.165) is 39.0 Å². The lowest BCUT2D eigenvalue weighted by Gasteiger charge is -2.27. The standard InChI is InChI=1S/C10H20N2O/c1-9(2)3-4-10(13)12-7-5-11-6-8-12/h9,11H,3-8H2,1-2H3. The maximum Gasteiger partial charge on any atom is 0.222 e. The molecule has 1 amide bonds. The average molecular weight is 184 g/mol. The molecular formula is C10H20N2O. The Morgan fingerprint density at radius 1 is 1.38 bits per heavy atom. The Bertz CT molecular complexity index is 162. The Labute approximate surface area is 80.5 Å². The van der Waals surface area contributed by atoms with Crippen molar-refractivity contribution >= 4 is 5.91 Å². The van der Waals surface area contributed by atoms with Gasteiger partial charge in [0.15, 0.2) is 0 Å². The van der Waals surface area contributed by atoms with Gasteiger partial charge in [0.2, 0.25) is 5.91 Å². The van der Waals surface area contributed by atoms with Gasteiger partial charge in [-0.1, -0.05) is 13.8 Å². The number of amides is 1. The molecule has 1 heterocycles. The zero-order valence-electron chi connectivity index (χ0n) is 8.68. The van der Waals surface area contributed by atoms with Crippen LogP contribution in [-0.4, -0.2) is 37.0 Å². The molecule has 1 saturated heterocycles. The van der Waals surface area contributed by atoms with E-state index in [-0.39, 0.29) is 0 Å². The van der Waals surface area contributed by atoms with Crippen LogP contribution in [0.1, 0.15) is 26.7 Å². The second kappa shape index (κ2) is 5.22. The van der Waals surface area contributed by atoms with Crippen molar-refractivity contribution in [2.24, 2.45) is 5.92 Å². The number of nitrogens with zero attached hydrogens (tertiary/aromatic N) is 1. The summed E-state index contributed by atoms with van der Waals surface area (Å²) in [4.78, 5) is 13.6. The maximum atomic E-state index is 11.6. The molecule has 1 aliphatic rings. The molecule has 76 valence electrons. The highest BCUT2D eigenvalue weighted by Gasteiger charge is 2.15. The second-order valence-electron chi connectivity index (χ2n) is 4.06. The normalized spacial score (nSPS) is 17.9. The first-order valence-corrected chi connectivity index (χ1v) is 5.18. The van der Waals surface area contributed by atoms with Crippen LogP contribution >= 0.6 is 0 Å². The van der Waals surface area contributed by atoms with Crippen LogP contribution in [0.2, 0.25) is 0 Å². The van der Waals surface area contributed by atoms with E-state index >= 15 is 0 Å². The van der Waals surface area contributed by atoms with Crippen LogP contribution in [0.25, 0.3) is 0 Å². The van der Waals surface area contributed by atoms with Gasteiger partial charge in [-0.25, -0.2) is 0 Å². The third-order valence-electron chi connectivity index (χ3n) is 2.41. The fourth-order valence-corrected chi connectivity index (χ4v) is 1.48. The van der Waals surface area contributed by atoms with Crippen molar-refractivity contribution in [2.75, 3.05) is 26.2 Å². The number of hydrogen-bond acceptors (Lipinski definition) is 2. The number of nitrogens with one attached hydrogen (secondary N) is 1. The van der Waals surface area contributed by atoms with Crippen LogP contribution in [0.3, 0.4) is 0 Å². The van der Waals surface area contributed by atoms with Crippen LogP contribution in [0.15, 0.2) is 0 Å². The summed E-state index contributed by atoms with van der Waals surface area (Å²) in [5.41, 5.74) is 0. The van der Waals surface area contributed by atoms with Gasteiger partial charge in [0.1, 0.15) is 0 Å². The third-order valence-corrected chi connectivity index (χ3v) is 2.41. The molecule has 0 aromatic rings. The first kappa shape index (κ1) is 10.5. The number of carbonyl (C=O) groups is 1. The summed E-state index contributed by atoms with van der Waals surface area (Å²) in [5.74, 6) is 0.960. The molecule has 0 saturated carbocycles. The Morgan fingerprint density at radius 3 is 2.54 bits per heavy atom. The van der Waals surface area contributed by atoms with Gasteiger partial charge in [-0.15, -0.1) is 0 Å². The van der Waals surface area contributed by atoms with E-state index in [1.165, 1.54) is 0 Å². The molecule has 13 heavy (non-hydrogen) atoms. The molecule has 0 unspecified atom stereocenters. The lowest BCUT2D eigenvalue weighted by molar-refractivity contribution is -0.132. The number of hydrogen-bond donors (Lipinski definition) is 1. The second-order valence-corrected chi connectivity index (χ2v) is 4.06. The predicted octanol–water partition coefficient (Wildman–Crippen LogP) is 0.854. The highest BCUT2D eigenvalue weighted by atomic mass is 16.2. The zero-order valence-corrected chi connectivity index (χ0v) is 8.68. The molecule has 0 bridgehead atoms. The molecular weight excluding hydrogens is 164 g/mol. The Morgan fingerprint density at radius 2 is 2.00 bits per heavy atom. The fraction of sp³-hybridized carbons (Fsp3) is 0.900. The van der Waals surface area contributed by atoms with E-state index in [9.17, 15) is 4.79 Å². The van der Waals surface area contributed by atoms with Gasteiger partial charge >= 0.3 is 0 Å². The van der Waals surface area contributed by atoms with Gasteiger partial charge in [0.05, 0.1) is 0 Å². The number of rotatable bonds is 3. The average Bonchev–Trinajstić information content (AvgIpc) is 2.15. The van der Waals surface area contributed by atoms with E-state index in [1.54, 1.807) is 0 Å². The van der Waals surface area contributed by atoms with E-state index < -0.39 is 0 Å². The van der Waals surface area contributed by atoms with Crippen LogP contribution in [-0.2, 0) is 4.79 Å². The van der Waals surface area contributed by atoms with E-state index in [0.29, 0.717) is 11.8 Å². The molecule has 1 rings (SSSR count). The highest BCUT2D eigenvalue weighted by Crippen LogP contribution is 2.06. The van der Waals surface area contributed by atoms with Crippen molar-refractivity contribution in [3.63, 3.8) is 0 Å². The van der Waals surface area contributed by atoms with Crippen molar-refractivity contribution in [2.45, 2.75) is 26.7 Å². The minimum absolute atomic E-state index is 0.329. The van der Waals surface area contributed by atoms with Crippen LogP contribution in [0.4, 0.5) is 0 Å². The molecule has 0 radical (unpaired) electrons. The van der Waals surface area contributed by atoms with E-state index in [1.807, 2.05) is 4.90 Å². The fourth-order valence-electron chi connectivity index (χ4n) is 1.48. The highest BCUT2D eigenvalue weighted by molar-refractivity contribution is 5.76. The van der Waals surface area contributed by atoms with Crippen molar-refractivity contribution in [3.05, 3.63) is 0 Å². The molecule has 0 aliphatic carbocycles. The van der Waals surface area contributed by atoms with Gasteiger partial charge in [-0.2, -0.15) is 0 Å². The molecule has 1 fully saturated rings. The smallest absolute Gasteiger partial charge is 0.222 e. The first-order valence-electron chi connectivity index (χ1n) is 5.18. The number of piperazine rings is 1. The largest absolute Gasteiger partial charge is 0.340 e. The molecule has 3 nitrogen and oxygen atoms in total. The first-order chi connectivity index (χ1) is 6.20. The summed E-state index contributed by atoms with van der Waals surface area (Å²) >= 11 is 0. The topological polar surface area (TPSA) is 32.3 Å². The van der Waals surface area contributed by atoms with Crippen LogP contribution in [0.5, 0.6) is 0 Å². The minimum Gasteiger partial charge on any atom is -0.340 e. The molecule has 3 heteroatoms. The summed E-state index contributed by atoms with van der Waals surface area (Å²) in [6.45, 7) is 7.99. The zero-order chi connectivity index (χ0) is 9.68. The van der Waals surface area contributed by atoms with Gasteiger partial charge < -0.3 is 10.2 Å². The van der Waals surface area contributed by atoms with Crippen LogP contribution < -0.4 is 5.32 Å². The Kier molecular flexibility index (Phi) is 4.22.